The Morgan fingerprint density at radius 1 is 0.697 bits per heavy atom. The van der Waals surface area contributed by atoms with Crippen LogP contribution in [-0.2, 0) is 13.1 Å². The van der Waals surface area contributed by atoms with Gasteiger partial charge >= 0.3 is 0 Å². The second kappa shape index (κ2) is 9.93. The molecule has 0 radical (unpaired) electrons. The van der Waals surface area contributed by atoms with Gasteiger partial charge in [0.2, 0.25) is 0 Å². The lowest BCUT2D eigenvalue weighted by atomic mass is 9.97. The van der Waals surface area contributed by atoms with Crippen LogP contribution >= 0.6 is 0 Å². The number of hydrogen-bond acceptors (Lipinski definition) is 6. The van der Waals surface area contributed by atoms with Gasteiger partial charge in [-0.2, -0.15) is 10.2 Å². The minimum Gasteiger partial charge on any atom is -0.249 e. The molecule has 0 saturated heterocycles. The number of nitrogens with zero attached hydrogens (tertiary/aromatic N) is 8. The first-order chi connectivity index (χ1) is 15.4. The topological polar surface area (TPSA) is 87.2 Å². The van der Waals surface area contributed by atoms with Gasteiger partial charge in [-0.25, -0.2) is 29.3 Å². The fourth-order valence-electron chi connectivity index (χ4n) is 3.32. The molecule has 0 N–H and O–H groups in total. The summed E-state index contributed by atoms with van der Waals surface area (Å²) in [6, 6.07) is 0. The maximum atomic E-state index is 4.66. The number of rotatable bonds is 5. The standard InChI is InChI=1S/C13H20N4.C12H18N4/c1-9(2)10-6-14-11-7-15-17(12(11)16-10)8-13(3,4)5;1-8(2)7-16-12-11(6-14-16)13-5-10(15-12)9(3)4/h6-7,9H,8H2,1-5H3;5-6,8-9H,7H2,1-4H3. The first-order valence-electron chi connectivity index (χ1n) is 11.8. The van der Waals surface area contributed by atoms with E-state index in [4.69, 9.17) is 0 Å². The zero-order chi connectivity index (χ0) is 24.3. The van der Waals surface area contributed by atoms with E-state index < -0.39 is 0 Å². The average Bonchev–Trinajstić information content (AvgIpc) is 3.30. The molecule has 0 spiro atoms. The van der Waals surface area contributed by atoms with Gasteiger partial charge in [-0.1, -0.05) is 62.3 Å². The molecule has 0 aliphatic heterocycles. The van der Waals surface area contributed by atoms with E-state index in [9.17, 15) is 0 Å². The largest absolute Gasteiger partial charge is 0.249 e. The summed E-state index contributed by atoms with van der Waals surface area (Å²) in [4.78, 5) is 18.1. The quantitative estimate of drug-likeness (QED) is 0.393. The second-order valence-electron chi connectivity index (χ2n) is 10.9. The van der Waals surface area contributed by atoms with Gasteiger partial charge in [0.05, 0.1) is 23.8 Å². The van der Waals surface area contributed by atoms with Crippen LogP contribution in [0.4, 0.5) is 0 Å². The lowest BCUT2D eigenvalue weighted by Gasteiger charge is -2.18. The molecule has 0 fully saturated rings. The third-order valence-corrected chi connectivity index (χ3v) is 5.07. The zero-order valence-electron chi connectivity index (χ0n) is 21.5. The van der Waals surface area contributed by atoms with E-state index in [0.717, 1.165) is 46.8 Å². The Morgan fingerprint density at radius 3 is 1.58 bits per heavy atom. The smallest absolute Gasteiger partial charge is 0.177 e. The van der Waals surface area contributed by atoms with Gasteiger partial charge in [0.15, 0.2) is 11.3 Å². The van der Waals surface area contributed by atoms with Crippen molar-refractivity contribution in [3.8, 4) is 0 Å². The van der Waals surface area contributed by atoms with Gasteiger partial charge in [-0.3, -0.25) is 0 Å². The molecule has 0 amide bonds. The van der Waals surface area contributed by atoms with Crippen LogP contribution in [0.25, 0.3) is 22.3 Å². The summed E-state index contributed by atoms with van der Waals surface area (Å²) >= 11 is 0. The molecule has 0 aliphatic rings. The highest BCUT2D eigenvalue weighted by atomic mass is 15.3. The second-order valence-corrected chi connectivity index (χ2v) is 10.9. The molecular formula is C25H38N8. The average molecular weight is 451 g/mol. The van der Waals surface area contributed by atoms with Gasteiger partial charge in [0.25, 0.3) is 0 Å². The Balaban J connectivity index is 0.000000186. The van der Waals surface area contributed by atoms with Crippen molar-refractivity contribution in [1.29, 1.82) is 0 Å². The first kappa shape index (κ1) is 24.7. The highest BCUT2D eigenvalue weighted by Gasteiger charge is 2.16. The lowest BCUT2D eigenvalue weighted by molar-refractivity contribution is 0.330. The predicted octanol–water partition coefficient (Wildman–Crippen LogP) is 5.60. The molecule has 4 rings (SSSR count). The van der Waals surface area contributed by atoms with Crippen molar-refractivity contribution in [2.45, 2.75) is 87.2 Å². The fourth-order valence-corrected chi connectivity index (χ4v) is 3.32. The molecule has 4 aromatic rings. The fraction of sp³-hybridized carbons (Fsp3) is 0.600. The summed E-state index contributed by atoms with van der Waals surface area (Å²) in [5.74, 6) is 1.36. The Hall–Kier alpha value is -2.90. The minimum atomic E-state index is 0.189. The molecule has 0 aliphatic carbocycles. The lowest BCUT2D eigenvalue weighted by Crippen LogP contribution is -2.17. The molecule has 33 heavy (non-hydrogen) atoms. The van der Waals surface area contributed by atoms with Gasteiger partial charge in [-0.05, 0) is 23.2 Å². The van der Waals surface area contributed by atoms with Gasteiger partial charge in [0.1, 0.15) is 11.0 Å². The molecule has 0 bridgehead atoms. The number of aromatic nitrogens is 8. The highest BCUT2D eigenvalue weighted by molar-refractivity contribution is 5.69. The molecular weight excluding hydrogens is 412 g/mol. The Bertz CT molecular complexity index is 1190. The molecule has 178 valence electrons. The third-order valence-electron chi connectivity index (χ3n) is 5.07. The zero-order valence-corrected chi connectivity index (χ0v) is 21.5. The SMILES string of the molecule is CC(C)Cn1ncc2ncc(C(C)C)nc21.CC(C)c1cnc2cnn(CC(C)(C)C)c2n1. The van der Waals surface area contributed by atoms with E-state index in [1.165, 1.54) is 0 Å². The van der Waals surface area contributed by atoms with E-state index in [-0.39, 0.29) is 5.41 Å². The van der Waals surface area contributed by atoms with Crippen molar-refractivity contribution in [2.75, 3.05) is 0 Å². The Kier molecular flexibility index (Phi) is 7.44. The summed E-state index contributed by atoms with van der Waals surface area (Å²) in [5, 5.41) is 8.70. The maximum Gasteiger partial charge on any atom is 0.177 e. The summed E-state index contributed by atoms with van der Waals surface area (Å²) in [6.07, 6.45) is 7.26. The molecule has 4 heterocycles. The normalized spacial score (nSPS) is 12.2. The van der Waals surface area contributed by atoms with E-state index in [1.807, 2.05) is 21.8 Å². The van der Waals surface area contributed by atoms with Crippen LogP contribution in [0.15, 0.2) is 24.8 Å². The van der Waals surface area contributed by atoms with Crippen molar-refractivity contribution >= 4 is 22.3 Å². The number of hydrogen-bond donors (Lipinski definition) is 0. The predicted molar refractivity (Wildman–Crippen MR) is 133 cm³/mol. The van der Waals surface area contributed by atoms with Crippen LogP contribution in [0.1, 0.15) is 85.5 Å². The number of fused-ring (bicyclic) bond motifs is 2. The maximum absolute atomic E-state index is 4.66. The van der Waals surface area contributed by atoms with E-state index >= 15 is 0 Å². The van der Waals surface area contributed by atoms with Crippen molar-refractivity contribution < 1.29 is 0 Å². The van der Waals surface area contributed by atoms with Crippen LogP contribution in [-0.4, -0.2) is 39.5 Å². The minimum absolute atomic E-state index is 0.189. The van der Waals surface area contributed by atoms with Gasteiger partial charge in [0, 0.05) is 25.5 Å². The van der Waals surface area contributed by atoms with Crippen molar-refractivity contribution in [1.82, 2.24) is 39.5 Å². The van der Waals surface area contributed by atoms with Gasteiger partial charge < -0.3 is 0 Å². The van der Waals surface area contributed by atoms with Crippen molar-refractivity contribution in [2.24, 2.45) is 11.3 Å². The Labute approximate surface area is 196 Å². The summed E-state index contributed by atoms with van der Waals surface area (Å²) in [7, 11) is 0. The Morgan fingerprint density at radius 2 is 1.15 bits per heavy atom. The monoisotopic (exact) mass is 450 g/mol. The van der Waals surface area contributed by atoms with Crippen LogP contribution in [0, 0.1) is 11.3 Å². The van der Waals surface area contributed by atoms with E-state index in [1.54, 1.807) is 12.4 Å². The van der Waals surface area contributed by atoms with Crippen molar-refractivity contribution in [3.05, 3.63) is 36.2 Å². The first-order valence-corrected chi connectivity index (χ1v) is 11.8. The van der Waals surface area contributed by atoms with Gasteiger partial charge in [-0.15, -0.1) is 0 Å². The van der Waals surface area contributed by atoms with E-state index in [0.29, 0.717) is 17.8 Å². The molecule has 4 aromatic heterocycles. The molecule has 8 heteroatoms. The van der Waals surface area contributed by atoms with Crippen molar-refractivity contribution in [3.63, 3.8) is 0 Å². The molecule has 0 atom stereocenters. The summed E-state index contributed by atoms with van der Waals surface area (Å²) in [6.45, 7) is 21.2. The van der Waals surface area contributed by atoms with Crippen LogP contribution in [0.3, 0.4) is 0 Å². The third kappa shape index (κ3) is 6.33. The molecule has 8 nitrogen and oxygen atoms in total. The van der Waals surface area contributed by atoms with Crippen LogP contribution < -0.4 is 0 Å². The highest BCUT2D eigenvalue weighted by Crippen LogP contribution is 2.20. The summed E-state index contributed by atoms with van der Waals surface area (Å²) in [5.41, 5.74) is 5.79. The molecule has 0 unspecified atom stereocenters. The molecule has 0 aromatic carbocycles. The van der Waals surface area contributed by atoms with E-state index in [2.05, 4.69) is 92.4 Å². The summed E-state index contributed by atoms with van der Waals surface area (Å²) < 4.78 is 3.90. The molecule has 0 saturated carbocycles. The van der Waals surface area contributed by atoms with Crippen LogP contribution in [0.5, 0.6) is 0 Å². The van der Waals surface area contributed by atoms with Crippen LogP contribution in [0.2, 0.25) is 0 Å².